The van der Waals surface area contributed by atoms with Crippen LogP contribution in [0.4, 0.5) is 5.69 Å². The Morgan fingerprint density at radius 1 is 1.55 bits per heavy atom. The maximum Gasteiger partial charge on any atom is 0.287 e. The molecule has 0 atom stereocenters. The van der Waals surface area contributed by atoms with E-state index in [0.29, 0.717) is 13.1 Å². The zero-order chi connectivity index (χ0) is 14.5. The number of furan rings is 1. The zero-order valence-corrected chi connectivity index (χ0v) is 11.0. The number of aromatic nitrogens is 1. The highest BCUT2D eigenvalue weighted by Gasteiger charge is 2.17. The Hall–Kier alpha value is -2.41. The van der Waals surface area contributed by atoms with Crippen molar-refractivity contribution in [1.29, 1.82) is 0 Å². The van der Waals surface area contributed by atoms with Crippen molar-refractivity contribution in [1.82, 2.24) is 9.88 Å². The molecule has 1 N–H and O–H groups in total. The highest BCUT2D eigenvalue weighted by Crippen LogP contribution is 2.13. The Kier molecular flexibility index (Phi) is 4.31. The second kappa shape index (κ2) is 6.16. The lowest BCUT2D eigenvalue weighted by Gasteiger charge is -2.17. The molecule has 0 aromatic carbocycles. The molecule has 106 valence electrons. The zero-order valence-electron chi connectivity index (χ0n) is 11.0. The second-order valence-electron chi connectivity index (χ2n) is 4.33. The van der Waals surface area contributed by atoms with Crippen LogP contribution in [0.15, 0.2) is 35.1 Å². The smallest absolute Gasteiger partial charge is 0.287 e. The number of nitrogens with zero attached hydrogens (tertiary/aromatic N) is 2. The predicted octanol–water partition coefficient (Wildman–Crippen LogP) is 2.22. The van der Waals surface area contributed by atoms with Gasteiger partial charge in [-0.2, -0.15) is 0 Å². The van der Waals surface area contributed by atoms with Crippen LogP contribution in [0.25, 0.3) is 0 Å². The van der Waals surface area contributed by atoms with E-state index >= 15 is 0 Å². The first-order chi connectivity index (χ1) is 9.60. The Balaban J connectivity index is 1.99. The maximum atomic E-state index is 12.1. The average molecular weight is 277 g/mol. The van der Waals surface area contributed by atoms with Crippen molar-refractivity contribution < 1.29 is 14.1 Å². The summed E-state index contributed by atoms with van der Waals surface area (Å²) >= 11 is 0. The van der Waals surface area contributed by atoms with E-state index in [0.717, 1.165) is 5.76 Å². The number of nitrogens with one attached hydrogen (secondary N) is 1. The number of H-pyrrole nitrogens is 1. The molecule has 7 nitrogen and oxygen atoms in total. The molecule has 2 rings (SSSR count). The van der Waals surface area contributed by atoms with Crippen LogP contribution in [0.1, 0.15) is 23.2 Å². The lowest BCUT2D eigenvalue weighted by molar-refractivity contribution is -0.384. The number of hydrogen-bond acceptors (Lipinski definition) is 5. The molecule has 0 unspecified atom stereocenters. The summed E-state index contributed by atoms with van der Waals surface area (Å²) in [6, 6.07) is 4.88. The van der Waals surface area contributed by atoms with Crippen LogP contribution >= 0.6 is 0 Å². The summed E-state index contributed by atoms with van der Waals surface area (Å²) in [5.41, 5.74) is 0.136. The number of rotatable bonds is 7. The van der Waals surface area contributed by atoms with Gasteiger partial charge in [-0.25, -0.2) is 0 Å². The molecule has 0 spiro atoms. The highest BCUT2D eigenvalue weighted by atomic mass is 16.6. The van der Waals surface area contributed by atoms with Crippen LogP contribution in [0, 0.1) is 10.1 Å². The number of ketones is 1. The Bertz CT molecular complexity index is 589. The van der Waals surface area contributed by atoms with Gasteiger partial charge in [0.2, 0.25) is 0 Å². The second-order valence-corrected chi connectivity index (χ2v) is 4.33. The normalized spacial score (nSPS) is 10.9. The third-order valence-corrected chi connectivity index (χ3v) is 2.95. The standard InChI is InChI=1S/C13H15N3O4/c1-2-15(8-11-4-3-5-20-11)9-13(17)12-6-10(7-14-12)16(18)19/h3-7,14H,2,8-9H2,1H3. The van der Waals surface area contributed by atoms with Crippen molar-refractivity contribution in [3.8, 4) is 0 Å². The molecule has 20 heavy (non-hydrogen) atoms. The first-order valence-electron chi connectivity index (χ1n) is 6.21. The third-order valence-electron chi connectivity index (χ3n) is 2.95. The van der Waals surface area contributed by atoms with Gasteiger partial charge in [0.05, 0.1) is 36.2 Å². The van der Waals surface area contributed by atoms with Crippen LogP contribution < -0.4 is 0 Å². The van der Waals surface area contributed by atoms with E-state index in [9.17, 15) is 14.9 Å². The number of carbonyl (C=O) groups is 1. The first kappa shape index (κ1) is 14.0. The number of Topliss-reactive ketones (excluding diaryl/α,β-unsaturated/α-hetero) is 1. The quantitative estimate of drug-likeness (QED) is 0.476. The monoisotopic (exact) mass is 277 g/mol. The molecular formula is C13H15N3O4. The molecule has 0 radical (unpaired) electrons. The topological polar surface area (TPSA) is 92.4 Å². The largest absolute Gasteiger partial charge is 0.468 e. The summed E-state index contributed by atoms with van der Waals surface area (Å²) in [6.07, 6.45) is 2.80. The van der Waals surface area contributed by atoms with Gasteiger partial charge in [-0.05, 0) is 18.7 Å². The molecule has 0 amide bonds. The van der Waals surface area contributed by atoms with E-state index < -0.39 is 4.92 Å². The van der Waals surface area contributed by atoms with E-state index in [1.54, 1.807) is 12.3 Å². The maximum absolute atomic E-state index is 12.1. The summed E-state index contributed by atoms with van der Waals surface area (Å²) in [5.74, 6) is 0.587. The van der Waals surface area contributed by atoms with Crippen molar-refractivity contribution in [2.45, 2.75) is 13.5 Å². The fourth-order valence-electron chi connectivity index (χ4n) is 1.84. The Labute approximate surface area is 115 Å². The molecule has 0 saturated heterocycles. The summed E-state index contributed by atoms with van der Waals surface area (Å²) in [5, 5.41) is 10.6. The van der Waals surface area contributed by atoms with Crippen LogP contribution in [0.5, 0.6) is 0 Å². The Morgan fingerprint density at radius 2 is 2.35 bits per heavy atom. The summed E-state index contributed by atoms with van der Waals surface area (Å²) in [6.45, 7) is 3.32. The van der Waals surface area contributed by atoms with E-state index in [1.165, 1.54) is 12.3 Å². The summed E-state index contributed by atoms with van der Waals surface area (Å²) in [4.78, 5) is 26.6. The number of carbonyl (C=O) groups excluding carboxylic acids is 1. The predicted molar refractivity (Wildman–Crippen MR) is 71.4 cm³/mol. The van der Waals surface area contributed by atoms with Gasteiger partial charge in [-0.1, -0.05) is 6.92 Å². The molecule has 0 aliphatic carbocycles. The van der Waals surface area contributed by atoms with Crippen molar-refractivity contribution in [3.63, 3.8) is 0 Å². The molecule has 0 aliphatic rings. The van der Waals surface area contributed by atoms with Crippen molar-refractivity contribution >= 4 is 11.5 Å². The van der Waals surface area contributed by atoms with Gasteiger partial charge < -0.3 is 9.40 Å². The average Bonchev–Trinajstić information content (AvgIpc) is 3.08. The number of aromatic amines is 1. The van der Waals surface area contributed by atoms with Crippen molar-refractivity contribution in [2.24, 2.45) is 0 Å². The van der Waals surface area contributed by atoms with Gasteiger partial charge in [0, 0.05) is 6.07 Å². The lowest BCUT2D eigenvalue weighted by atomic mass is 10.2. The van der Waals surface area contributed by atoms with Crippen LogP contribution in [-0.2, 0) is 6.54 Å². The number of likely N-dealkylation sites (N-methyl/N-ethyl adjacent to an activating group) is 1. The van der Waals surface area contributed by atoms with Crippen molar-refractivity contribution in [2.75, 3.05) is 13.1 Å². The first-order valence-corrected chi connectivity index (χ1v) is 6.21. The van der Waals surface area contributed by atoms with Gasteiger partial charge in [0.15, 0.2) is 5.78 Å². The summed E-state index contributed by atoms with van der Waals surface area (Å²) in [7, 11) is 0. The molecule has 2 aromatic heterocycles. The number of hydrogen-bond donors (Lipinski definition) is 1. The van der Waals surface area contributed by atoms with E-state index in [-0.39, 0.29) is 23.7 Å². The molecule has 0 saturated carbocycles. The minimum atomic E-state index is -0.534. The Morgan fingerprint density at radius 3 is 2.90 bits per heavy atom. The fourth-order valence-corrected chi connectivity index (χ4v) is 1.84. The van der Waals surface area contributed by atoms with Crippen molar-refractivity contribution in [3.05, 3.63) is 52.2 Å². The number of nitro groups is 1. The van der Waals surface area contributed by atoms with Gasteiger partial charge in [0.25, 0.3) is 5.69 Å². The van der Waals surface area contributed by atoms with Crippen LogP contribution in [0.2, 0.25) is 0 Å². The van der Waals surface area contributed by atoms with Gasteiger partial charge in [-0.15, -0.1) is 0 Å². The molecule has 2 aromatic rings. The molecule has 2 heterocycles. The van der Waals surface area contributed by atoms with Gasteiger partial charge >= 0.3 is 0 Å². The third kappa shape index (κ3) is 3.33. The molecule has 0 fully saturated rings. The van der Waals surface area contributed by atoms with E-state index in [2.05, 4.69) is 4.98 Å². The van der Waals surface area contributed by atoms with Crippen LogP contribution in [0.3, 0.4) is 0 Å². The summed E-state index contributed by atoms with van der Waals surface area (Å²) < 4.78 is 5.24. The van der Waals surface area contributed by atoms with E-state index in [1.807, 2.05) is 17.9 Å². The molecule has 0 aliphatic heterocycles. The molecule has 7 heteroatoms. The minimum Gasteiger partial charge on any atom is -0.468 e. The van der Waals surface area contributed by atoms with Gasteiger partial charge in [0.1, 0.15) is 5.76 Å². The fraction of sp³-hybridized carbons (Fsp3) is 0.308. The highest BCUT2D eigenvalue weighted by molar-refractivity contribution is 5.96. The molecular weight excluding hydrogens is 262 g/mol. The molecule has 0 bridgehead atoms. The SMILES string of the molecule is CCN(CC(=O)c1cc([N+](=O)[O-])c[nH]1)Cc1ccco1. The lowest BCUT2D eigenvalue weighted by Crippen LogP contribution is -2.29. The van der Waals surface area contributed by atoms with E-state index in [4.69, 9.17) is 4.42 Å². The van der Waals surface area contributed by atoms with Crippen LogP contribution in [-0.4, -0.2) is 33.7 Å². The minimum absolute atomic E-state index is 0.109. The van der Waals surface area contributed by atoms with Gasteiger partial charge in [-0.3, -0.25) is 19.8 Å².